The van der Waals surface area contributed by atoms with Gasteiger partial charge in [-0.05, 0) is 42.4 Å². The van der Waals surface area contributed by atoms with Crippen LogP contribution in [0.5, 0.6) is 0 Å². The number of carbonyl (C=O) groups excluding carboxylic acids is 1. The molecule has 1 aliphatic rings. The normalized spacial score (nSPS) is 15.0. The van der Waals surface area contributed by atoms with Crippen molar-refractivity contribution < 1.29 is 9.18 Å². The lowest BCUT2D eigenvalue weighted by Crippen LogP contribution is -2.44. The number of aromatic amines is 1. The molecule has 0 radical (unpaired) electrons. The van der Waals surface area contributed by atoms with Crippen LogP contribution in [0.3, 0.4) is 0 Å². The van der Waals surface area contributed by atoms with Gasteiger partial charge in [-0.3, -0.25) is 14.6 Å². The molecule has 1 fully saturated rings. The molecule has 0 bridgehead atoms. The molecule has 0 unspecified atom stereocenters. The van der Waals surface area contributed by atoms with E-state index in [4.69, 9.17) is 0 Å². The molecule has 1 amide bonds. The number of aromatic nitrogens is 2. The molecule has 1 heterocycles. The van der Waals surface area contributed by atoms with Crippen molar-refractivity contribution in [1.82, 2.24) is 15.3 Å². The van der Waals surface area contributed by atoms with E-state index in [1.807, 2.05) is 0 Å². The van der Waals surface area contributed by atoms with Crippen molar-refractivity contribution >= 4 is 18.3 Å². The first-order chi connectivity index (χ1) is 11.1. The fourth-order valence-electron chi connectivity index (χ4n) is 2.98. The van der Waals surface area contributed by atoms with E-state index in [9.17, 15) is 14.0 Å². The first-order valence-electron chi connectivity index (χ1n) is 7.63. The lowest BCUT2D eigenvalue weighted by molar-refractivity contribution is 0.0854. The van der Waals surface area contributed by atoms with Crippen LogP contribution in [-0.2, 0) is 6.42 Å². The van der Waals surface area contributed by atoms with Crippen LogP contribution in [0.2, 0.25) is 0 Å². The Bertz CT molecular complexity index is 757. The van der Waals surface area contributed by atoms with Gasteiger partial charge in [-0.25, -0.2) is 4.39 Å². The average molecular weight is 352 g/mol. The molecule has 0 aliphatic heterocycles. The zero-order valence-corrected chi connectivity index (χ0v) is 13.9. The number of nitrogens with one attached hydrogen (secondary N) is 2. The molecule has 128 valence electrons. The van der Waals surface area contributed by atoms with E-state index < -0.39 is 5.56 Å². The lowest BCUT2D eigenvalue weighted by atomic mass is 9.65. The highest BCUT2D eigenvalue weighted by Gasteiger charge is 2.37. The van der Waals surface area contributed by atoms with Gasteiger partial charge in [0.2, 0.25) is 0 Å². The maximum Gasteiger partial charge on any atom is 0.269 e. The van der Waals surface area contributed by atoms with Crippen LogP contribution in [0, 0.1) is 11.2 Å². The topological polar surface area (TPSA) is 74.8 Å². The molecule has 2 aromatic rings. The van der Waals surface area contributed by atoms with E-state index in [1.165, 1.54) is 18.3 Å². The van der Waals surface area contributed by atoms with Gasteiger partial charge in [-0.1, -0.05) is 18.6 Å². The first kappa shape index (κ1) is 18.1. The van der Waals surface area contributed by atoms with E-state index in [-0.39, 0.29) is 35.2 Å². The number of hydrogen-bond donors (Lipinski definition) is 2. The molecule has 5 nitrogen and oxygen atoms in total. The number of rotatable bonds is 5. The Kier molecular flexibility index (Phi) is 5.72. The fraction of sp³-hybridized carbons (Fsp3) is 0.353. The number of hydrogen-bond acceptors (Lipinski definition) is 3. The van der Waals surface area contributed by atoms with E-state index in [2.05, 4.69) is 15.3 Å². The summed E-state index contributed by atoms with van der Waals surface area (Å²) < 4.78 is 13.0. The van der Waals surface area contributed by atoms with Gasteiger partial charge in [0.1, 0.15) is 11.5 Å². The molecule has 7 heteroatoms. The quantitative estimate of drug-likeness (QED) is 0.869. The van der Waals surface area contributed by atoms with Crippen molar-refractivity contribution in [2.45, 2.75) is 25.7 Å². The van der Waals surface area contributed by atoms with Crippen LogP contribution in [0.25, 0.3) is 0 Å². The molecule has 3 rings (SSSR count). The van der Waals surface area contributed by atoms with Crippen molar-refractivity contribution in [2.75, 3.05) is 6.54 Å². The minimum Gasteiger partial charge on any atom is -0.350 e. The van der Waals surface area contributed by atoms with Gasteiger partial charge < -0.3 is 10.3 Å². The van der Waals surface area contributed by atoms with Crippen molar-refractivity contribution in [2.24, 2.45) is 5.41 Å². The highest BCUT2D eigenvalue weighted by atomic mass is 35.5. The van der Waals surface area contributed by atoms with Crippen molar-refractivity contribution in [3.63, 3.8) is 0 Å². The molecular formula is C17H19ClFN3O2. The molecule has 0 atom stereocenters. The summed E-state index contributed by atoms with van der Waals surface area (Å²) in [6, 6.07) is 6.49. The zero-order valence-electron chi connectivity index (χ0n) is 13.0. The lowest BCUT2D eigenvalue weighted by Gasteiger charge is -2.42. The molecule has 2 N–H and O–H groups in total. The minimum absolute atomic E-state index is 0. The highest BCUT2D eigenvalue weighted by Crippen LogP contribution is 2.43. The third kappa shape index (κ3) is 4.20. The third-order valence-corrected chi connectivity index (χ3v) is 4.43. The number of carbonyl (C=O) groups is 1. The van der Waals surface area contributed by atoms with Gasteiger partial charge in [-0.15, -0.1) is 12.4 Å². The van der Waals surface area contributed by atoms with Crippen LogP contribution in [0.15, 0.2) is 41.5 Å². The van der Waals surface area contributed by atoms with Crippen LogP contribution in [0.4, 0.5) is 4.39 Å². The predicted molar refractivity (Wildman–Crippen MR) is 90.8 cm³/mol. The van der Waals surface area contributed by atoms with Crippen molar-refractivity contribution in [1.29, 1.82) is 0 Å². The summed E-state index contributed by atoms with van der Waals surface area (Å²) in [5, 5.41) is 2.88. The standard InChI is InChI=1S/C17H18FN3O2.ClH/c18-13-4-2-12(3-5-13)8-17(6-1-7-17)11-20-16(23)14-9-19-10-15(22)21-14;/h2-5,9-10H,1,6-8,11H2,(H,20,23)(H,21,22);1H. The number of halogens is 2. The van der Waals surface area contributed by atoms with Crippen molar-refractivity contribution in [3.8, 4) is 0 Å². The summed E-state index contributed by atoms with van der Waals surface area (Å²) in [4.78, 5) is 29.5. The summed E-state index contributed by atoms with van der Waals surface area (Å²) in [6.45, 7) is 0.528. The van der Waals surface area contributed by atoms with Gasteiger partial charge in [0.15, 0.2) is 0 Å². The van der Waals surface area contributed by atoms with Crippen LogP contribution < -0.4 is 10.9 Å². The molecule has 24 heavy (non-hydrogen) atoms. The molecule has 0 spiro atoms. The second-order valence-electron chi connectivity index (χ2n) is 6.15. The number of amides is 1. The Labute approximate surface area is 145 Å². The largest absolute Gasteiger partial charge is 0.350 e. The summed E-state index contributed by atoms with van der Waals surface area (Å²) in [5.41, 5.74) is 0.835. The smallest absolute Gasteiger partial charge is 0.269 e. The Morgan fingerprint density at radius 1 is 1.25 bits per heavy atom. The van der Waals surface area contributed by atoms with Gasteiger partial charge in [-0.2, -0.15) is 0 Å². The maximum atomic E-state index is 13.0. The SMILES string of the molecule is Cl.O=C(NCC1(Cc2ccc(F)cc2)CCC1)c1cncc(=O)[nH]1. The van der Waals surface area contributed by atoms with Crippen LogP contribution in [-0.4, -0.2) is 22.4 Å². The van der Waals surface area contributed by atoms with Gasteiger partial charge in [0.05, 0.1) is 12.4 Å². The molecular weight excluding hydrogens is 333 g/mol. The first-order valence-corrected chi connectivity index (χ1v) is 7.63. The second-order valence-corrected chi connectivity index (χ2v) is 6.15. The molecule has 1 aromatic heterocycles. The fourth-order valence-corrected chi connectivity index (χ4v) is 2.98. The Morgan fingerprint density at radius 2 is 1.96 bits per heavy atom. The molecule has 1 aliphatic carbocycles. The van der Waals surface area contributed by atoms with Crippen molar-refractivity contribution in [3.05, 3.63) is 64.1 Å². The maximum absolute atomic E-state index is 13.0. The van der Waals surface area contributed by atoms with E-state index >= 15 is 0 Å². The van der Waals surface area contributed by atoms with Gasteiger partial charge in [0, 0.05) is 6.54 Å². The molecule has 1 aromatic carbocycles. The number of H-pyrrole nitrogens is 1. The number of benzene rings is 1. The molecule has 1 saturated carbocycles. The minimum atomic E-state index is -0.401. The van der Waals surface area contributed by atoms with E-state index in [1.54, 1.807) is 12.1 Å². The Hall–Kier alpha value is -2.21. The monoisotopic (exact) mass is 351 g/mol. The predicted octanol–water partition coefficient (Wildman–Crippen LogP) is 2.47. The third-order valence-electron chi connectivity index (χ3n) is 4.43. The van der Waals surface area contributed by atoms with Gasteiger partial charge in [0.25, 0.3) is 11.5 Å². The highest BCUT2D eigenvalue weighted by molar-refractivity contribution is 5.91. The number of nitrogens with zero attached hydrogens (tertiary/aromatic N) is 1. The van der Waals surface area contributed by atoms with Gasteiger partial charge >= 0.3 is 0 Å². The van der Waals surface area contributed by atoms with E-state index in [0.29, 0.717) is 6.54 Å². The van der Waals surface area contributed by atoms with Crippen LogP contribution in [0.1, 0.15) is 35.3 Å². The Balaban J connectivity index is 0.00000208. The molecule has 0 saturated heterocycles. The summed E-state index contributed by atoms with van der Waals surface area (Å²) in [6.07, 6.45) is 6.43. The zero-order chi connectivity index (χ0) is 16.3. The average Bonchev–Trinajstić information content (AvgIpc) is 2.51. The Morgan fingerprint density at radius 3 is 2.54 bits per heavy atom. The van der Waals surface area contributed by atoms with E-state index in [0.717, 1.165) is 37.4 Å². The second kappa shape index (κ2) is 7.57. The summed E-state index contributed by atoms with van der Waals surface area (Å²) in [7, 11) is 0. The van der Waals surface area contributed by atoms with Crippen LogP contribution >= 0.6 is 12.4 Å². The summed E-state index contributed by atoms with van der Waals surface area (Å²) in [5.74, 6) is -0.578. The summed E-state index contributed by atoms with van der Waals surface area (Å²) >= 11 is 0.